The predicted octanol–water partition coefficient (Wildman–Crippen LogP) is 1.65. The molecule has 4 heteroatoms. The average molecular weight is 252 g/mol. The van der Waals surface area contributed by atoms with Gasteiger partial charge in [0.25, 0.3) is 0 Å². The first-order valence-electron chi connectivity index (χ1n) is 7.15. The van der Waals surface area contributed by atoms with Gasteiger partial charge >= 0.3 is 0 Å². The van der Waals surface area contributed by atoms with Crippen molar-refractivity contribution in [2.24, 2.45) is 5.92 Å². The quantitative estimate of drug-likeness (QED) is 0.746. The number of amides is 2. The highest BCUT2D eigenvalue weighted by atomic mass is 16.2. The molecular formula is C14H24N2O2. The third-order valence-electron chi connectivity index (χ3n) is 3.62. The maximum Gasteiger partial charge on any atom is 0.242 e. The second-order valence-electron chi connectivity index (χ2n) is 5.94. The molecule has 18 heavy (non-hydrogen) atoms. The van der Waals surface area contributed by atoms with Crippen LogP contribution in [0, 0.1) is 5.92 Å². The van der Waals surface area contributed by atoms with Gasteiger partial charge in [-0.2, -0.15) is 0 Å². The molecule has 0 atom stereocenters. The van der Waals surface area contributed by atoms with Gasteiger partial charge in [0.15, 0.2) is 0 Å². The van der Waals surface area contributed by atoms with Gasteiger partial charge in [-0.1, -0.05) is 13.8 Å². The summed E-state index contributed by atoms with van der Waals surface area (Å²) in [6.07, 6.45) is 4.88. The van der Waals surface area contributed by atoms with E-state index in [2.05, 4.69) is 13.8 Å². The smallest absolute Gasteiger partial charge is 0.242 e. The van der Waals surface area contributed by atoms with Gasteiger partial charge in [-0.3, -0.25) is 9.59 Å². The van der Waals surface area contributed by atoms with E-state index in [-0.39, 0.29) is 11.8 Å². The van der Waals surface area contributed by atoms with Gasteiger partial charge in [-0.05, 0) is 31.6 Å². The molecule has 0 spiro atoms. The molecule has 1 saturated heterocycles. The van der Waals surface area contributed by atoms with E-state index in [1.165, 1.54) is 0 Å². The molecule has 1 aliphatic carbocycles. The van der Waals surface area contributed by atoms with Crippen LogP contribution in [0.4, 0.5) is 0 Å². The van der Waals surface area contributed by atoms with Crippen LogP contribution in [-0.4, -0.2) is 47.3 Å². The van der Waals surface area contributed by atoms with Crippen LogP contribution in [0.25, 0.3) is 0 Å². The topological polar surface area (TPSA) is 40.6 Å². The summed E-state index contributed by atoms with van der Waals surface area (Å²) in [6.45, 7) is 6.14. The van der Waals surface area contributed by atoms with Crippen molar-refractivity contribution < 1.29 is 9.59 Å². The zero-order valence-electron chi connectivity index (χ0n) is 11.5. The monoisotopic (exact) mass is 252 g/mol. The van der Waals surface area contributed by atoms with Crippen LogP contribution in [0.2, 0.25) is 0 Å². The highest BCUT2D eigenvalue weighted by Crippen LogP contribution is 2.28. The average Bonchev–Trinajstić information content (AvgIpc) is 3.12. The van der Waals surface area contributed by atoms with Crippen LogP contribution < -0.4 is 0 Å². The summed E-state index contributed by atoms with van der Waals surface area (Å²) in [6, 6.07) is 0.444. The fourth-order valence-electron chi connectivity index (χ4n) is 2.52. The fourth-order valence-corrected chi connectivity index (χ4v) is 2.52. The predicted molar refractivity (Wildman–Crippen MR) is 70.0 cm³/mol. The van der Waals surface area contributed by atoms with Gasteiger partial charge in [0, 0.05) is 25.6 Å². The van der Waals surface area contributed by atoms with Gasteiger partial charge in [-0.15, -0.1) is 0 Å². The lowest BCUT2D eigenvalue weighted by atomic mass is 10.1. The molecule has 1 saturated carbocycles. The van der Waals surface area contributed by atoms with Crippen molar-refractivity contribution in [2.75, 3.05) is 19.6 Å². The minimum atomic E-state index is 0.140. The molecule has 0 radical (unpaired) electrons. The van der Waals surface area contributed by atoms with Crippen molar-refractivity contribution in [3.05, 3.63) is 0 Å². The molecular weight excluding hydrogens is 228 g/mol. The van der Waals surface area contributed by atoms with Crippen molar-refractivity contribution in [1.82, 2.24) is 9.80 Å². The molecule has 0 aromatic carbocycles. The lowest BCUT2D eigenvalue weighted by Gasteiger charge is -2.30. The van der Waals surface area contributed by atoms with Crippen LogP contribution in [0.5, 0.6) is 0 Å². The number of carbonyl (C=O) groups excluding carboxylic acids is 2. The van der Waals surface area contributed by atoms with E-state index in [4.69, 9.17) is 0 Å². The zero-order valence-corrected chi connectivity index (χ0v) is 11.5. The van der Waals surface area contributed by atoms with E-state index in [0.29, 0.717) is 24.9 Å². The standard InChI is InChI=1S/C14H24N2O2/c1-11(2)9-16(12-6-7-12)14(18)10-15-8-4-3-5-13(15)17/h11-12H,3-10H2,1-2H3. The van der Waals surface area contributed by atoms with Gasteiger partial charge in [-0.25, -0.2) is 0 Å². The van der Waals surface area contributed by atoms with E-state index in [1.807, 2.05) is 4.90 Å². The van der Waals surface area contributed by atoms with E-state index in [9.17, 15) is 9.59 Å². The van der Waals surface area contributed by atoms with Crippen molar-refractivity contribution in [1.29, 1.82) is 0 Å². The Labute approximate surface area is 109 Å². The third-order valence-corrected chi connectivity index (χ3v) is 3.62. The Kier molecular flexibility index (Phi) is 4.25. The summed E-state index contributed by atoms with van der Waals surface area (Å²) < 4.78 is 0. The van der Waals surface area contributed by atoms with Crippen LogP contribution >= 0.6 is 0 Å². The van der Waals surface area contributed by atoms with Crippen LogP contribution in [-0.2, 0) is 9.59 Å². The molecule has 102 valence electrons. The molecule has 0 aromatic rings. The molecule has 2 aliphatic rings. The van der Waals surface area contributed by atoms with Gasteiger partial charge < -0.3 is 9.80 Å². The molecule has 2 amide bonds. The fraction of sp³-hybridized carbons (Fsp3) is 0.857. The summed E-state index contributed by atoms with van der Waals surface area (Å²) in [5.74, 6) is 0.781. The molecule has 2 rings (SSSR count). The normalized spacial score (nSPS) is 20.4. The Morgan fingerprint density at radius 2 is 2.11 bits per heavy atom. The largest absolute Gasteiger partial charge is 0.338 e. The van der Waals surface area contributed by atoms with E-state index in [0.717, 1.165) is 38.8 Å². The van der Waals surface area contributed by atoms with E-state index < -0.39 is 0 Å². The number of likely N-dealkylation sites (tertiary alicyclic amines) is 1. The van der Waals surface area contributed by atoms with Crippen molar-refractivity contribution in [2.45, 2.75) is 52.0 Å². The number of nitrogens with zero attached hydrogens (tertiary/aromatic N) is 2. The first-order chi connectivity index (χ1) is 8.58. The zero-order chi connectivity index (χ0) is 13.1. The van der Waals surface area contributed by atoms with Crippen molar-refractivity contribution in [3.8, 4) is 0 Å². The number of rotatable bonds is 5. The second kappa shape index (κ2) is 5.72. The Bertz CT molecular complexity index is 324. The molecule has 0 unspecified atom stereocenters. The Balaban J connectivity index is 1.89. The molecule has 0 aromatic heterocycles. The van der Waals surface area contributed by atoms with Crippen LogP contribution in [0.1, 0.15) is 46.0 Å². The highest BCUT2D eigenvalue weighted by Gasteiger charge is 2.34. The second-order valence-corrected chi connectivity index (χ2v) is 5.94. The van der Waals surface area contributed by atoms with Crippen molar-refractivity contribution >= 4 is 11.8 Å². The first kappa shape index (κ1) is 13.4. The van der Waals surface area contributed by atoms with Crippen LogP contribution in [0.15, 0.2) is 0 Å². The summed E-state index contributed by atoms with van der Waals surface area (Å²) in [7, 11) is 0. The van der Waals surface area contributed by atoms with Gasteiger partial charge in [0.1, 0.15) is 0 Å². The summed E-state index contributed by atoms with van der Waals surface area (Å²) in [5.41, 5.74) is 0. The minimum Gasteiger partial charge on any atom is -0.338 e. The number of hydrogen-bond donors (Lipinski definition) is 0. The van der Waals surface area contributed by atoms with E-state index in [1.54, 1.807) is 4.90 Å². The number of carbonyl (C=O) groups is 2. The minimum absolute atomic E-state index is 0.140. The SMILES string of the molecule is CC(C)CN(C(=O)CN1CCCCC1=O)C1CC1. The highest BCUT2D eigenvalue weighted by molar-refractivity contribution is 5.85. The summed E-state index contributed by atoms with van der Waals surface area (Å²) in [4.78, 5) is 27.8. The van der Waals surface area contributed by atoms with Gasteiger partial charge in [0.2, 0.25) is 11.8 Å². The molecule has 1 aliphatic heterocycles. The number of piperidine rings is 1. The molecule has 1 heterocycles. The number of hydrogen-bond acceptors (Lipinski definition) is 2. The van der Waals surface area contributed by atoms with Crippen molar-refractivity contribution in [3.63, 3.8) is 0 Å². The molecule has 4 nitrogen and oxygen atoms in total. The summed E-state index contributed by atoms with van der Waals surface area (Å²) >= 11 is 0. The first-order valence-corrected chi connectivity index (χ1v) is 7.15. The molecule has 0 bridgehead atoms. The van der Waals surface area contributed by atoms with Crippen LogP contribution in [0.3, 0.4) is 0 Å². The lowest BCUT2D eigenvalue weighted by Crippen LogP contribution is -2.46. The Morgan fingerprint density at radius 3 is 2.67 bits per heavy atom. The van der Waals surface area contributed by atoms with Gasteiger partial charge in [0.05, 0.1) is 6.54 Å². The molecule has 0 N–H and O–H groups in total. The maximum absolute atomic E-state index is 12.3. The Hall–Kier alpha value is -1.06. The Morgan fingerprint density at radius 1 is 1.39 bits per heavy atom. The lowest BCUT2D eigenvalue weighted by molar-refractivity contribution is -0.142. The molecule has 2 fully saturated rings. The third kappa shape index (κ3) is 3.47. The van der Waals surface area contributed by atoms with E-state index >= 15 is 0 Å². The summed E-state index contributed by atoms with van der Waals surface area (Å²) in [5, 5.41) is 0. The maximum atomic E-state index is 12.3.